The largest absolute Gasteiger partial charge is 0.452 e. The van der Waals surface area contributed by atoms with E-state index in [2.05, 4.69) is 4.98 Å². The van der Waals surface area contributed by atoms with E-state index in [1.807, 2.05) is 0 Å². The van der Waals surface area contributed by atoms with Crippen molar-refractivity contribution in [1.82, 2.24) is 14.5 Å². The van der Waals surface area contributed by atoms with Crippen molar-refractivity contribution in [2.24, 2.45) is 0 Å². The van der Waals surface area contributed by atoms with Crippen LogP contribution in [-0.2, 0) is 33.7 Å². The lowest BCUT2D eigenvalue weighted by Crippen LogP contribution is -2.35. The number of likely N-dealkylation sites (N-methyl/N-ethyl adjacent to an activating group) is 1. The molecule has 0 bridgehead atoms. The molecule has 2 heterocycles. The zero-order valence-electron chi connectivity index (χ0n) is 15.3. The maximum absolute atomic E-state index is 12.8. The lowest BCUT2D eigenvalue weighted by molar-refractivity contribution is -0.158. The molecule has 2 aromatic rings. The molecule has 7 nitrogen and oxygen atoms in total. The summed E-state index contributed by atoms with van der Waals surface area (Å²) in [7, 11) is 3.21. The molecule has 0 aliphatic heterocycles. The molecule has 1 amide bonds. The first-order valence-electron chi connectivity index (χ1n) is 8.79. The van der Waals surface area contributed by atoms with Gasteiger partial charge in [-0.2, -0.15) is 0 Å². The van der Waals surface area contributed by atoms with Crippen molar-refractivity contribution in [1.29, 1.82) is 0 Å². The van der Waals surface area contributed by atoms with Crippen molar-refractivity contribution in [2.45, 2.75) is 51.7 Å². The lowest BCUT2D eigenvalue weighted by atomic mass is 9.97. The zero-order chi connectivity index (χ0) is 18.8. The third kappa shape index (κ3) is 3.65. The first kappa shape index (κ1) is 18.6. The second kappa shape index (κ2) is 7.57. The van der Waals surface area contributed by atoms with E-state index in [4.69, 9.17) is 4.74 Å². The van der Waals surface area contributed by atoms with Gasteiger partial charge in [0.05, 0.1) is 18.1 Å². The summed E-state index contributed by atoms with van der Waals surface area (Å²) >= 11 is 1.60. The summed E-state index contributed by atoms with van der Waals surface area (Å²) in [6.07, 6.45) is 4.86. The first-order valence-corrected chi connectivity index (χ1v) is 9.60. The van der Waals surface area contributed by atoms with Gasteiger partial charge in [-0.05, 0) is 38.2 Å². The van der Waals surface area contributed by atoms with Gasteiger partial charge in [0.1, 0.15) is 4.83 Å². The average molecular weight is 377 g/mol. The fraction of sp³-hybridized carbons (Fsp3) is 0.556. The topological polar surface area (TPSA) is 81.5 Å². The van der Waals surface area contributed by atoms with Gasteiger partial charge in [0, 0.05) is 25.5 Å². The van der Waals surface area contributed by atoms with Crippen LogP contribution < -0.4 is 5.56 Å². The number of rotatable bonds is 5. The molecule has 1 atom stereocenters. The summed E-state index contributed by atoms with van der Waals surface area (Å²) in [6, 6.07) is 0. The zero-order valence-corrected chi connectivity index (χ0v) is 16.1. The quantitative estimate of drug-likeness (QED) is 0.742. The number of hydrogen-bond acceptors (Lipinski definition) is 6. The molecule has 2 aromatic heterocycles. The van der Waals surface area contributed by atoms with Gasteiger partial charge in [-0.15, -0.1) is 11.3 Å². The monoisotopic (exact) mass is 377 g/mol. The predicted octanol–water partition coefficient (Wildman–Crippen LogP) is 1.75. The highest BCUT2D eigenvalue weighted by Crippen LogP contribution is 2.33. The van der Waals surface area contributed by atoms with Crippen LogP contribution in [0.1, 0.15) is 36.6 Å². The number of fused-ring (bicyclic) bond motifs is 3. The minimum absolute atomic E-state index is 0.0183. The van der Waals surface area contributed by atoms with E-state index in [1.165, 1.54) is 27.6 Å². The summed E-state index contributed by atoms with van der Waals surface area (Å²) in [5.41, 5.74) is 1.04. The molecule has 1 aliphatic rings. The Kier molecular flexibility index (Phi) is 5.41. The van der Waals surface area contributed by atoms with Gasteiger partial charge in [0.2, 0.25) is 0 Å². The predicted molar refractivity (Wildman–Crippen MR) is 99.4 cm³/mol. The van der Waals surface area contributed by atoms with Gasteiger partial charge >= 0.3 is 5.97 Å². The molecule has 0 radical (unpaired) electrons. The van der Waals surface area contributed by atoms with Crippen LogP contribution in [0.3, 0.4) is 0 Å². The van der Waals surface area contributed by atoms with Crippen LogP contribution in [0.2, 0.25) is 0 Å². The van der Waals surface area contributed by atoms with Crippen molar-refractivity contribution in [3.8, 4) is 0 Å². The summed E-state index contributed by atoms with van der Waals surface area (Å²) in [4.78, 5) is 44.4. The molecular formula is C18H23N3O4S. The van der Waals surface area contributed by atoms with Gasteiger partial charge in [-0.1, -0.05) is 0 Å². The van der Waals surface area contributed by atoms with Crippen molar-refractivity contribution < 1.29 is 14.3 Å². The van der Waals surface area contributed by atoms with Crippen LogP contribution in [0.25, 0.3) is 10.2 Å². The molecule has 0 aromatic carbocycles. The third-order valence-electron chi connectivity index (χ3n) is 4.60. The average Bonchev–Trinajstić information content (AvgIpc) is 2.99. The minimum atomic E-state index is -0.835. The number of hydrogen-bond donors (Lipinski definition) is 0. The standard InChI is InChI=1S/C18H23N3O4S/c1-11(17(23)20(2)3)25-14(22)8-9-21-10-19-16-15(18(21)24)12-6-4-5-7-13(12)26-16/h10-11H,4-9H2,1-3H3. The summed E-state index contributed by atoms with van der Waals surface area (Å²) in [5.74, 6) is -0.782. The van der Waals surface area contributed by atoms with Crippen molar-refractivity contribution in [2.75, 3.05) is 14.1 Å². The number of amides is 1. The van der Waals surface area contributed by atoms with Crippen LogP contribution in [0.15, 0.2) is 11.1 Å². The van der Waals surface area contributed by atoms with Gasteiger partial charge in [0.25, 0.3) is 11.5 Å². The van der Waals surface area contributed by atoms with Gasteiger partial charge in [0.15, 0.2) is 6.10 Å². The lowest BCUT2D eigenvalue weighted by Gasteiger charge is -2.17. The van der Waals surface area contributed by atoms with Crippen LogP contribution in [0.4, 0.5) is 0 Å². The maximum atomic E-state index is 12.8. The van der Waals surface area contributed by atoms with Crippen LogP contribution in [0.5, 0.6) is 0 Å². The molecule has 0 saturated carbocycles. The molecular weight excluding hydrogens is 354 g/mol. The Bertz CT molecular complexity index is 900. The maximum Gasteiger partial charge on any atom is 0.308 e. The molecule has 3 rings (SSSR count). The van der Waals surface area contributed by atoms with E-state index in [0.29, 0.717) is 5.39 Å². The highest BCUT2D eigenvalue weighted by atomic mass is 32.1. The Morgan fingerprint density at radius 3 is 2.81 bits per heavy atom. The molecule has 0 fully saturated rings. The number of carbonyl (C=O) groups is 2. The highest BCUT2D eigenvalue weighted by molar-refractivity contribution is 7.18. The highest BCUT2D eigenvalue weighted by Gasteiger charge is 2.21. The number of esters is 1. The van der Waals surface area contributed by atoms with E-state index >= 15 is 0 Å². The van der Waals surface area contributed by atoms with E-state index in [1.54, 1.807) is 25.4 Å². The van der Waals surface area contributed by atoms with Gasteiger partial charge in [-0.25, -0.2) is 4.98 Å². The van der Waals surface area contributed by atoms with E-state index in [0.717, 1.165) is 36.1 Å². The van der Waals surface area contributed by atoms with Crippen molar-refractivity contribution in [3.05, 3.63) is 27.1 Å². The van der Waals surface area contributed by atoms with Crippen molar-refractivity contribution >= 4 is 33.4 Å². The molecule has 0 saturated heterocycles. The van der Waals surface area contributed by atoms with Gasteiger partial charge in [-0.3, -0.25) is 19.0 Å². The second-order valence-electron chi connectivity index (χ2n) is 6.75. The van der Waals surface area contributed by atoms with Crippen molar-refractivity contribution in [3.63, 3.8) is 0 Å². The van der Waals surface area contributed by atoms with Crippen LogP contribution in [0, 0.1) is 0 Å². The summed E-state index contributed by atoms with van der Waals surface area (Å²) in [5, 5.41) is 0.705. The van der Waals surface area contributed by atoms with Crippen LogP contribution in [-0.4, -0.2) is 46.5 Å². The van der Waals surface area contributed by atoms with E-state index < -0.39 is 12.1 Å². The Morgan fingerprint density at radius 1 is 1.35 bits per heavy atom. The Morgan fingerprint density at radius 2 is 2.08 bits per heavy atom. The Labute approximate surface area is 155 Å². The minimum Gasteiger partial charge on any atom is -0.452 e. The SMILES string of the molecule is CC(OC(=O)CCn1cnc2sc3c(c2c1=O)CCCC3)C(=O)N(C)C. The molecule has 1 aliphatic carbocycles. The Hall–Kier alpha value is -2.22. The number of ether oxygens (including phenoxy) is 1. The number of thiophene rings is 1. The number of aryl methyl sites for hydroxylation is 3. The normalized spacial score (nSPS) is 14.7. The van der Waals surface area contributed by atoms with Crippen LogP contribution >= 0.6 is 11.3 Å². The number of aromatic nitrogens is 2. The smallest absolute Gasteiger partial charge is 0.308 e. The third-order valence-corrected chi connectivity index (χ3v) is 5.80. The fourth-order valence-electron chi connectivity index (χ4n) is 3.22. The molecule has 8 heteroatoms. The van der Waals surface area contributed by atoms with Gasteiger partial charge < -0.3 is 9.64 Å². The molecule has 140 valence electrons. The van der Waals surface area contributed by atoms with E-state index in [9.17, 15) is 14.4 Å². The molecule has 1 unspecified atom stereocenters. The number of carbonyl (C=O) groups excluding carboxylic acids is 2. The number of nitrogens with zero attached hydrogens (tertiary/aromatic N) is 3. The second-order valence-corrected chi connectivity index (χ2v) is 7.83. The van der Waals surface area contributed by atoms with E-state index in [-0.39, 0.29) is 24.4 Å². The molecule has 26 heavy (non-hydrogen) atoms. The molecule has 0 spiro atoms. The summed E-state index contributed by atoms with van der Waals surface area (Å²) < 4.78 is 6.60. The summed E-state index contributed by atoms with van der Waals surface area (Å²) in [6.45, 7) is 1.73. The fourth-order valence-corrected chi connectivity index (χ4v) is 4.44. The Balaban J connectivity index is 1.71. The molecule has 0 N–H and O–H groups in total. The first-order chi connectivity index (χ1) is 12.4.